The largest absolute Gasteiger partial charge is 0.476 e. The zero-order chi connectivity index (χ0) is 17.4. The van der Waals surface area contributed by atoms with Gasteiger partial charge in [-0.2, -0.15) is 5.10 Å². The molecule has 3 aromatic rings. The molecule has 0 atom stereocenters. The lowest BCUT2D eigenvalue weighted by molar-refractivity contribution is 0.0689. The Morgan fingerprint density at radius 1 is 1.12 bits per heavy atom. The molecule has 0 bridgehead atoms. The van der Waals surface area contributed by atoms with E-state index in [0.717, 1.165) is 5.56 Å². The van der Waals surface area contributed by atoms with Crippen molar-refractivity contribution < 1.29 is 9.90 Å². The summed E-state index contributed by atoms with van der Waals surface area (Å²) in [6, 6.07) is 12.1. The van der Waals surface area contributed by atoms with Crippen LogP contribution in [-0.4, -0.2) is 20.9 Å². The molecule has 7 heteroatoms. The van der Waals surface area contributed by atoms with Crippen molar-refractivity contribution in [2.45, 2.75) is 6.92 Å². The van der Waals surface area contributed by atoms with Crippen LogP contribution in [0.1, 0.15) is 16.1 Å². The molecule has 1 aromatic heterocycles. The fourth-order valence-corrected chi connectivity index (χ4v) is 2.84. The number of nitrogens with two attached hydrogens (primary N) is 1. The van der Waals surface area contributed by atoms with Crippen LogP contribution in [0.3, 0.4) is 0 Å². The number of carbonyl (C=O) groups is 1. The van der Waals surface area contributed by atoms with Gasteiger partial charge in [0, 0.05) is 21.2 Å². The molecule has 24 heavy (non-hydrogen) atoms. The molecule has 5 nitrogen and oxygen atoms in total. The molecule has 0 saturated heterocycles. The van der Waals surface area contributed by atoms with Gasteiger partial charge in [0.25, 0.3) is 0 Å². The van der Waals surface area contributed by atoms with Gasteiger partial charge in [0.2, 0.25) is 0 Å². The first-order valence-electron chi connectivity index (χ1n) is 7.02. The third-order valence-corrected chi connectivity index (χ3v) is 4.15. The number of carboxylic acids is 1. The molecular weight excluding hydrogens is 349 g/mol. The highest BCUT2D eigenvalue weighted by Gasteiger charge is 2.22. The molecular formula is C17H13Cl2N3O2. The lowest BCUT2D eigenvalue weighted by Crippen LogP contribution is -2.05. The minimum absolute atomic E-state index is 0.0331. The minimum atomic E-state index is -1.10. The Labute approximate surface area is 148 Å². The summed E-state index contributed by atoms with van der Waals surface area (Å²) in [6.07, 6.45) is 0. The molecule has 0 aliphatic carbocycles. The first kappa shape index (κ1) is 16.4. The van der Waals surface area contributed by atoms with Crippen LogP contribution in [0.4, 0.5) is 5.69 Å². The lowest BCUT2D eigenvalue weighted by Gasteiger charge is -2.11. The van der Waals surface area contributed by atoms with Gasteiger partial charge in [-0.25, -0.2) is 9.48 Å². The first-order chi connectivity index (χ1) is 11.4. The Morgan fingerprint density at radius 2 is 1.75 bits per heavy atom. The summed E-state index contributed by atoms with van der Waals surface area (Å²) in [5.41, 5.74) is 8.93. The van der Waals surface area contributed by atoms with Gasteiger partial charge in [-0.05, 0) is 37.3 Å². The molecule has 0 spiro atoms. The summed E-state index contributed by atoms with van der Waals surface area (Å²) in [7, 11) is 0. The predicted molar refractivity (Wildman–Crippen MR) is 95.1 cm³/mol. The molecule has 0 radical (unpaired) electrons. The van der Waals surface area contributed by atoms with E-state index in [0.29, 0.717) is 32.7 Å². The van der Waals surface area contributed by atoms with E-state index in [1.807, 2.05) is 0 Å². The molecule has 2 aromatic carbocycles. The van der Waals surface area contributed by atoms with Crippen LogP contribution in [0.2, 0.25) is 10.0 Å². The number of nitrogen functional groups attached to an aromatic ring is 1. The molecule has 0 unspecified atom stereocenters. The Hall–Kier alpha value is -2.50. The van der Waals surface area contributed by atoms with Crippen molar-refractivity contribution in [2.75, 3.05) is 5.73 Å². The summed E-state index contributed by atoms with van der Waals surface area (Å²) in [6.45, 7) is 1.71. The number of carboxylic acid groups (broad SMARTS) is 1. The van der Waals surface area contributed by atoms with Crippen molar-refractivity contribution in [2.24, 2.45) is 0 Å². The maximum atomic E-state index is 11.5. The summed E-state index contributed by atoms with van der Waals surface area (Å²) in [5.74, 6) is -1.10. The monoisotopic (exact) mass is 361 g/mol. The number of halogens is 2. The van der Waals surface area contributed by atoms with E-state index in [9.17, 15) is 9.90 Å². The molecule has 0 saturated carbocycles. The van der Waals surface area contributed by atoms with Crippen LogP contribution in [0.25, 0.3) is 16.9 Å². The fraction of sp³-hybridized carbons (Fsp3) is 0.0588. The van der Waals surface area contributed by atoms with E-state index in [2.05, 4.69) is 5.10 Å². The first-order valence-corrected chi connectivity index (χ1v) is 7.78. The highest BCUT2D eigenvalue weighted by molar-refractivity contribution is 6.31. The number of nitrogens with zero attached hydrogens (tertiary/aromatic N) is 2. The highest BCUT2D eigenvalue weighted by Crippen LogP contribution is 2.32. The number of rotatable bonds is 3. The van der Waals surface area contributed by atoms with Gasteiger partial charge < -0.3 is 10.8 Å². The zero-order valence-electron chi connectivity index (χ0n) is 12.6. The van der Waals surface area contributed by atoms with E-state index < -0.39 is 5.97 Å². The molecule has 0 aliphatic heterocycles. The number of anilines is 1. The number of aromatic nitrogens is 2. The van der Waals surface area contributed by atoms with Crippen LogP contribution in [0, 0.1) is 6.92 Å². The average molecular weight is 362 g/mol. The normalized spacial score (nSPS) is 10.8. The lowest BCUT2D eigenvalue weighted by atomic mass is 10.1. The second kappa shape index (κ2) is 6.19. The van der Waals surface area contributed by atoms with Gasteiger partial charge in [0.15, 0.2) is 5.69 Å². The maximum absolute atomic E-state index is 11.5. The Kier molecular flexibility index (Phi) is 4.22. The van der Waals surface area contributed by atoms with E-state index in [1.165, 1.54) is 4.68 Å². The van der Waals surface area contributed by atoms with Crippen LogP contribution < -0.4 is 5.73 Å². The van der Waals surface area contributed by atoms with Crippen molar-refractivity contribution in [3.05, 3.63) is 63.8 Å². The molecule has 3 N–H and O–H groups in total. The van der Waals surface area contributed by atoms with E-state index in [-0.39, 0.29) is 5.69 Å². The Bertz CT molecular complexity index is 934. The number of hydrogen-bond acceptors (Lipinski definition) is 3. The standard InChI is InChI=1S/C17H13Cl2N3O2/c1-9-15(17(23)24)21-22(14-7-6-12(19)8-13(14)20)16(9)10-2-4-11(18)5-3-10/h2-8H,20H2,1H3,(H,23,24). The second-order valence-electron chi connectivity index (χ2n) is 5.25. The molecule has 122 valence electrons. The van der Waals surface area contributed by atoms with Gasteiger partial charge in [0.05, 0.1) is 17.1 Å². The van der Waals surface area contributed by atoms with Crippen LogP contribution in [0.5, 0.6) is 0 Å². The molecule has 1 heterocycles. The Morgan fingerprint density at radius 3 is 2.33 bits per heavy atom. The van der Waals surface area contributed by atoms with Gasteiger partial charge in [-0.1, -0.05) is 35.3 Å². The van der Waals surface area contributed by atoms with Crippen LogP contribution in [-0.2, 0) is 0 Å². The summed E-state index contributed by atoms with van der Waals surface area (Å²) in [4.78, 5) is 11.5. The predicted octanol–water partition coefficient (Wildman–Crippen LogP) is 4.43. The quantitative estimate of drug-likeness (QED) is 0.675. The van der Waals surface area contributed by atoms with Crippen LogP contribution in [0.15, 0.2) is 42.5 Å². The molecule has 0 amide bonds. The Balaban J connectivity index is 2.30. The molecule has 0 fully saturated rings. The molecule has 0 aliphatic rings. The molecule has 3 rings (SSSR count). The van der Waals surface area contributed by atoms with Crippen molar-refractivity contribution in [3.63, 3.8) is 0 Å². The second-order valence-corrected chi connectivity index (χ2v) is 6.12. The van der Waals surface area contributed by atoms with E-state index in [1.54, 1.807) is 49.4 Å². The number of benzene rings is 2. The van der Waals surface area contributed by atoms with Gasteiger partial charge in [-0.15, -0.1) is 0 Å². The summed E-state index contributed by atoms with van der Waals surface area (Å²) < 4.78 is 1.52. The van der Waals surface area contributed by atoms with Crippen molar-refractivity contribution in [1.82, 2.24) is 9.78 Å². The van der Waals surface area contributed by atoms with Gasteiger partial charge >= 0.3 is 5.97 Å². The SMILES string of the molecule is Cc1c(C(=O)O)nn(-c2ccc(Cl)cc2N)c1-c1ccc(Cl)cc1. The van der Waals surface area contributed by atoms with Crippen molar-refractivity contribution in [1.29, 1.82) is 0 Å². The van der Waals surface area contributed by atoms with E-state index >= 15 is 0 Å². The smallest absolute Gasteiger partial charge is 0.356 e. The minimum Gasteiger partial charge on any atom is -0.476 e. The summed E-state index contributed by atoms with van der Waals surface area (Å²) >= 11 is 11.9. The van der Waals surface area contributed by atoms with Crippen molar-refractivity contribution in [3.8, 4) is 16.9 Å². The zero-order valence-corrected chi connectivity index (χ0v) is 14.1. The summed E-state index contributed by atoms with van der Waals surface area (Å²) in [5, 5.41) is 14.7. The van der Waals surface area contributed by atoms with E-state index in [4.69, 9.17) is 28.9 Å². The van der Waals surface area contributed by atoms with Gasteiger partial charge in [0.1, 0.15) is 0 Å². The average Bonchev–Trinajstić information content (AvgIpc) is 2.86. The topological polar surface area (TPSA) is 81.1 Å². The third kappa shape index (κ3) is 2.84. The fourth-order valence-electron chi connectivity index (χ4n) is 2.54. The van der Waals surface area contributed by atoms with Gasteiger partial charge in [-0.3, -0.25) is 0 Å². The maximum Gasteiger partial charge on any atom is 0.356 e. The van der Waals surface area contributed by atoms with Crippen LogP contribution >= 0.6 is 23.2 Å². The third-order valence-electron chi connectivity index (χ3n) is 3.66. The van der Waals surface area contributed by atoms with Crippen molar-refractivity contribution >= 4 is 34.9 Å². The number of hydrogen-bond donors (Lipinski definition) is 2. The number of aromatic carboxylic acids is 1. The highest BCUT2D eigenvalue weighted by atomic mass is 35.5.